The second kappa shape index (κ2) is 6.47. The number of alkyl halides is 3. The average Bonchev–Trinajstić information content (AvgIpc) is 2.38. The second-order valence-electron chi connectivity index (χ2n) is 4.94. The lowest BCUT2D eigenvalue weighted by Crippen LogP contribution is -2.38. The molecule has 0 radical (unpaired) electrons. The Labute approximate surface area is 121 Å². The van der Waals surface area contributed by atoms with Crippen molar-refractivity contribution in [3.05, 3.63) is 35.4 Å². The molecule has 1 rings (SSSR count). The van der Waals surface area contributed by atoms with Crippen molar-refractivity contribution in [3.63, 3.8) is 0 Å². The van der Waals surface area contributed by atoms with Crippen molar-refractivity contribution in [3.8, 4) is 0 Å². The maximum absolute atomic E-state index is 12.7. The van der Waals surface area contributed by atoms with Crippen molar-refractivity contribution in [2.45, 2.75) is 39.0 Å². The Morgan fingerprint density at radius 3 is 2.33 bits per heavy atom. The lowest BCUT2D eigenvalue weighted by atomic mass is 9.80. The summed E-state index contributed by atoms with van der Waals surface area (Å²) >= 11 is 0. The van der Waals surface area contributed by atoms with Crippen LogP contribution in [0.25, 0.3) is 0 Å². The molecule has 0 amide bonds. The molecule has 21 heavy (non-hydrogen) atoms. The molecule has 2 unspecified atom stereocenters. The summed E-state index contributed by atoms with van der Waals surface area (Å²) in [6.45, 7) is 4.77. The standard InChI is InChI=1S/C15H19F3O3/c1-4-12(13(19)21-5-2)14(3,20)10-7-6-8-11(9-10)15(16,17)18/h6-9,12,20H,4-5H2,1-3H3. The Balaban J connectivity index is 3.19. The fourth-order valence-corrected chi connectivity index (χ4v) is 2.25. The molecule has 2 atom stereocenters. The van der Waals surface area contributed by atoms with E-state index in [9.17, 15) is 23.1 Å². The van der Waals surface area contributed by atoms with Gasteiger partial charge in [0.1, 0.15) is 5.60 Å². The van der Waals surface area contributed by atoms with Gasteiger partial charge in [0.15, 0.2) is 0 Å². The van der Waals surface area contributed by atoms with Gasteiger partial charge in [-0.05, 0) is 38.0 Å². The highest BCUT2D eigenvalue weighted by molar-refractivity contribution is 5.74. The molecule has 3 nitrogen and oxygen atoms in total. The van der Waals surface area contributed by atoms with Gasteiger partial charge in [-0.15, -0.1) is 0 Å². The first kappa shape index (κ1) is 17.5. The summed E-state index contributed by atoms with van der Waals surface area (Å²) in [6.07, 6.45) is -4.25. The van der Waals surface area contributed by atoms with Gasteiger partial charge in [-0.3, -0.25) is 4.79 Å². The zero-order chi connectivity index (χ0) is 16.3. The number of carbonyl (C=O) groups excluding carboxylic acids is 1. The van der Waals surface area contributed by atoms with E-state index in [2.05, 4.69) is 0 Å². The van der Waals surface area contributed by atoms with E-state index in [1.165, 1.54) is 19.1 Å². The summed E-state index contributed by atoms with van der Waals surface area (Å²) in [5.74, 6) is -1.55. The van der Waals surface area contributed by atoms with E-state index in [4.69, 9.17) is 4.74 Å². The van der Waals surface area contributed by atoms with Crippen molar-refractivity contribution >= 4 is 5.97 Å². The van der Waals surface area contributed by atoms with Gasteiger partial charge in [-0.25, -0.2) is 0 Å². The highest BCUT2D eigenvalue weighted by Gasteiger charge is 2.40. The highest BCUT2D eigenvalue weighted by Crippen LogP contribution is 2.36. The largest absolute Gasteiger partial charge is 0.466 e. The van der Waals surface area contributed by atoms with Crippen LogP contribution in [0.5, 0.6) is 0 Å². The molecule has 0 spiro atoms. The van der Waals surface area contributed by atoms with Crippen molar-refractivity contribution in [1.82, 2.24) is 0 Å². The first-order chi connectivity index (χ1) is 9.64. The molecule has 118 valence electrons. The van der Waals surface area contributed by atoms with E-state index in [1.807, 2.05) is 0 Å². The average molecular weight is 304 g/mol. The number of esters is 1. The Kier molecular flexibility index (Phi) is 5.39. The number of rotatable bonds is 5. The SMILES string of the molecule is CCOC(=O)C(CC)C(C)(O)c1cccc(C(F)(F)F)c1. The van der Waals surface area contributed by atoms with Crippen LogP contribution < -0.4 is 0 Å². The van der Waals surface area contributed by atoms with E-state index in [1.54, 1.807) is 13.8 Å². The van der Waals surface area contributed by atoms with Crippen LogP contribution in [-0.4, -0.2) is 17.7 Å². The Hall–Kier alpha value is -1.56. The second-order valence-corrected chi connectivity index (χ2v) is 4.94. The van der Waals surface area contributed by atoms with Gasteiger partial charge in [0.05, 0.1) is 18.1 Å². The van der Waals surface area contributed by atoms with Crippen LogP contribution in [0.3, 0.4) is 0 Å². The number of hydrogen-bond donors (Lipinski definition) is 1. The fraction of sp³-hybridized carbons (Fsp3) is 0.533. The minimum atomic E-state index is -4.50. The first-order valence-corrected chi connectivity index (χ1v) is 6.71. The summed E-state index contributed by atoms with van der Waals surface area (Å²) in [5, 5.41) is 10.6. The molecule has 0 aliphatic heterocycles. The molecule has 1 aromatic carbocycles. The first-order valence-electron chi connectivity index (χ1n) is 6.71. The van der Waals surface area contributed by atoms with Crippen LogP contribution in [0.1, 0.15) is 38.3 Å². The van der Waals surface area contributed by atoms with Gasteiger partial charge >= 0.3 is 12.1 Å². The Morgan fingerprint density at radius 1 is 1.29 bits per heavy atom. The van der Waals surface area contributed by atoms with E-state index in [0.717, 1.165) is 12.1 Å². The van der Waals surface area contributed by atoms with E-state index >= 15 is 0 Å². The minimum absolute atomic E-state index is 0.0391. The molecule has 0 bridgehead atoms. The van der Waals surface area contributed by atoms with Crippen LogP contribution in [0, 0.1) is 5.92 Å². The van der Waals surface area contributed by atoms with Crippen LogP contribution in [0.2, 0.25) is 0 Å². The topological polar surface area (TPSA) is 46.5 Å². The van der Waals surface area contributed by atoms with Gasteiger partial charge in [-0.2, -0.15) is 13.2 Å². The van der Waals surface area contributed by atoms with Crippen LogP contribution >= 0.6 is 0 Å². The number of carbonyl (C=O) groups is 1. The van der Waals surface area contributed by atoms with Crippen molar-refractivity contribution < 1.29 is 27.8 Å². The maximum Gasteiger partial charge on any atom is 0.416 e. The normalized spacial score (nSPS) is 16.1. The lowest BCUT2D eigenvalue weighted by molar-refractivity contribution is -0.158. The highest BCUT2D eigenvalue weighted by atomic mass is 19.4. The molecule has 0 aliphatic carbocycles. The summed E-state index contributed by atoms with van der Waals surface area (Å²) < 4.78 is 43.1. The third-order valence-electron chi connectivity index (χ3n) is 3.43. The molecular weight excluding hydrogens is 285 g/mol. The third-order valence-corrected chi connectivity index (χ3v) is 3.43. The Bertz CT molecular complexity index is 495. The van der Waals surface area contributed by atoms with Gasteiger partial charge in [0.25, 0.3) is 0 Å². The summed E-state index contributed by atoms with van der Waals surface area (Å²) in [7, 11) is 0. The zero-order valence-corrected chi connectivity index (χ0v) is 12.2. The molecule has 0 aromatic heterocycles. The van der Waals surface area contributed by atoms with Gasteiger partial charge in [0.2, 0.25) is 0 Å². The van der Waals surface area contributed by atoms with Crippen molar-refractivity contribution in [2.75, 3.05) is 6.61 Å². The molecule has 1 aromatic rings. The molecular formula is C15H19F3O3. The van der Waals surface area contributed by atoms with Gasteiger partial charge < -0.3 is 9.84 Å². The van der Waals surface area contributed by atoms with Crippen LogP contribution in [-0.2, 0) is 21.3 Å². The van der Waals surface area contributed by atoms with Crippen molar-refractivity contribution in [1.29, 1.82) is 0 Å². The lowest BCUT2D eigenvalue weighted by Gasteiger charge is -2.31. The molecule has 0 saturated heterocycles. The van der Waals surface area contributed by atoms with Gasteiger partial charge in [0, 0.05) is 0 Å². The van der Waals surface area contributed by atoms with Crippen LogP contribution in [0.4, 0.5) is 13.2 Å². The number of benzene rings is 1. The number of aliphatic hydroxyl groups is 1. The zero-order valence-electron chi connectivity index (χ0n) is 12.2. The molecule has 1 N–H and O–H groups in total. The molecule has 0 saturated carbocycles. The minimum Gasteiger partial charge on any atom is -0.466 e. The predicted octanol–water partition coefficient (Wildman–Crippen LogP) is 3.50. The molecule has 6 heteroatoms. The summed E-state index contributed by atoms with van der Waals surface area (Å²) in [4.78, 5) is 11.9. The van der Waals surface area contributed by atoms with Crippen LogP contribution in [0.15, 0.2) is 24.3 Å². The Morgan fingerprint density at radius 2 is 1.86 bits per heavy atom. The number of ether oxygens (including phenoxy) is 1. The maximum atomic E-state index is 12.7. The molecule has 0 fully saturated rings. The van der Waals surface area contributed by atoms with E-state index in [0.29, 0.717) is 0 Å². The van der Waals surface area contributed by atoms with E-state index in [-0.39, 0.29) is 18.6 Å². The quantitative estimate of drug-likeness (QED) is 0.847. The summed E-state index contributed by atoms with van der Waals surface area (Å²) in [6, 6.07) is 4.37. The smallest absolute Gasteiger partial charge is 0.416 e. The fourth-order valence-electron chi connectivity index (χ4n) is 2.25. The predicted molar refractivity (Wildman–Crippen MR) is 71.4 cm³/mol. The van der Waals surface area contributed by atoms with Gasteiger partial charge in [-0.1, -0.05) is 19.1 Å². The summed E-state index contributed by atoms with van der Waals surface area (Å²) in [5.41, 5.74) is -2.56. The molecule has 0 aliphatic rings. The van der Waals surface area contributed by atoms with Crippen molar-refractivity contribution in [2.24, 2.45) is 5.92 Å². The van der Waals surface area contributed by atoms with E-state index < -0.39 is 29.2 Å². The molecule has 0 heterocycles. The number of hydrogen-bond acceptors (Lipinski definition) is 3. The number of halogens is 3. The third kappa shape index (κ3) is 3.97. The monoisotopic (exact) mass is 304 g/mol.